The fourth-order valence-electron chi connectivity index (χ4n) is 3.47. The second-order valence-corrected chi connectivity index (χ2v) is 6.55. The molecule has 2 atom stereocenters. The van der Waals surface area contributed by atoms with Crippen LogP contribution in [-0.4, -0.2) is 63.5 Å². The number of aliphatic hydroxyl groups is 1. The maximum absolute atomic E-state index is 10.5. The average molecular weight is 328 g/mol. The summed E-state index contributed by atoms with van der Waals surface area (Å²) in [5.74, 6) is 0. The largest absolute Gasteiger partial charge is 0.387 e. The highest BCUT2D eigenvalue weighted by Crippen LogP contribution is 2.19. The summed E-state index contributed by atoms with van der Waals surface area (Å²) in [4.78, 5) is 4.96. The maximum Gasteiger partial charge on any atom is 0.0917 e. The summed E-state index contributed by atoms with van der Waals surface area (Å²) in [6.45, 7) is 8.07. The van der Waals surface area contributed by atoms with Crippen molar-refractivity contribution < 1.29 is 5.11 Å². The van der Waals surface area contributed by atoms with Gasteiger partial charge in [0.15, 0.2) is 0 Å². The van der Waals surface area contributed by atoms with Crippen molar-refractivity contribution in [2.24, 2.45) is 0 Å². The van der Waals surface area contributed by atoms with Gasteiger partial charge in [-0.1, -0.05) is 37.3 Å². The molecule has 0 radical (unpaired) electrons. The van der Waals surface area contributed by atoms with Crippen LogP contribution in [-0.2, 0) is 6.54 Å². The number of piperazine rings is 1. The molecule has 0 aliphatic carbocycles. The Kier molecular flexibility index (Phi) is 6.01. The van der Waals surface area contributed by atoms with Crippen LogP contribution >= 0.6 is 0 Å². The topological polar surface area (TPSA) is 44.5 Å². The Morgan fingerprint density at radius 3 is 2.71 bits per heavy atom. The average Bonchev–Trinajstić information content (AvgIpc) is 3.15. The highest BCUT2D eigenvalue weighted by Gasteiger charge is 2.27. The fourth-order valence-corrected chi connectivity index (χ4v) is 3.47. The van der Waals surface area contributed by atoms with E-state index < -0.39 is 6.10 Å². The van der Waals surface area contributed by atoms with E-state index in [1.165, 1.54) is 0 Å². The summed E-state index contributed by atoms with van der Waals surface area (Å²) in [6.07, 6.45) is 4.55. The first-order valence-corrected chi connectivity index (χ1v) is 8.93. The molecule has 24 heavy (non-hydrogen) atoms. The number of nitrogens with zero attached hydrogens (tertiary/aromatic N) is 4. The SMILES string of the molecule is CC[C@@H]1CN(CCn2cccn2)CCN1C[C@H](O)c1ccccc1. The molecule has 2 heterocycles. The first-order chi connectivity index (χ1) is 11.8. The van der Waals surface area contributed by atoms with Crippen LogP contribution < -0.4 is 0 Å². The van der Waals surface area contributed by atoms with Crippen molar-refractivity contribution in [1.29, 1.82) is 0 Å². The lowest BCUT2D eigenvalue weighted by molar-refractivity contribution is 0.0295. The first kappa shape index (κ1) is 17.1. The molecule has 5 heteroatoms. The number of benzene rings is 1. The van der Waals surface area contributed by atoms with Crippen LogP contribution in [0.4, 0.5) is 0 Å². The van der Waals surface area contributed by atoms with Gasteiger partial charge in [0, 0.05) is 51.2 Å². The molecular weight excluding hydrogens is 300 g/mol. The van der Waals surface area contributed by atoms with Crippen LogP contribution in [0.25, 0.3) is 0 Å². The Balaban J connectivity index is 1.51. The molecule has 1 saturated heterocycles. The molecule has 0 bridgehead atoms. The van der Waals surface area contributed by atoms with Crippen molar-refractivity contribution in [3.8, 4) is 0 Å². The van der Waals surface area contributed by atoms with Gasteiger partial charge in [-0.25, -0.2) is 0 Å². The molecule has 1 N–H and O–H groups in total. The molecule has 1 aliphatic heterocycles. The number of aromatic nitrogens is 2. The van der Waals surface area contributed by atoms with Crippen LogP contribution in [0.2, 0.25) is 0 Å². The number of hydrogen-bond acceptors (Lipinski definition) is 4. The number of hydrogen-bond donors (Lipinski definition) is 1. The second kappa shape index (κ2) is 8.42. The fraction of sp³-hybridized carbons (Fsp3) is 0.526. The molecule has 0 unspecified atom stereocenters. The van der Waals surface area contributed by atoms with Gasteiger partial charge in [-0.3, -0.25) is 14.5 Å². The van der Waals surface area contributed by atoms with Gasteiger partial charge in [-0.05, 0) is 18.1 Å². The smallest absolute Gasteiger partial charge is 0.0917 e. The zero-order valence-electron chi connectivity index (χ0n) is 14.5. The number of aliphatic hydroxyl groups excluding tert-OH is 1. The summed E-state index contributed by atoms with van der Waals surface area (Å²) in [5, 5.41) is 14.8. The number of β-amino-alcohol motifs (C(OH)–C–C–N with tert-alkyl or cyclic N) is 1. The van der Waals surface area contributed by atoms with Gasteiger partial charge < -0.3 is 5.11 Å². The van der Waals surface area contributed by atoms with Gasteiger partial charge in [0.05, 0.1) is 12.6 Å². The minimum Gasteiger partial charge on any atom is -0.387 e. The molecule has 1 aromatic carbocycles. The summed E-state index contributed by atoms with van der Waals surface area (Å²) in [6, 6.07) is 12.5. The molecule has 5 nitrogen and oxygen atoms in total. The molecule has 3 rings (SSSR count). The Morgan fingerprint density at radius 1 is 1.17 bits per heavy atom. The predicted molar refractivity (Wildman–Crippen MR) is 95.7 cm³/mol. The lowest BCUT2D eigenvalue weighted by atomic mass is 10.1. The molecule has 0 amide bonds. The summed E-state index contributed by atoms with van der Waals surface area (Å²) in [5.41, 5.74) is 1.01. The van der Waals surface area contributed by atoms with Crippen LogP contribution in [0.5, 0.6) is 0 Å². The minimum atomic E-state index is -0.407. The molecule has 0 spiro atoms. The van der Waals surface area contributed by atoms with Crippen LogP contribution in [0, 0.1) is 0 Å². The van der Waals surface area contributed by atoms with E-state index in [9.17, 15) is 5.11 Å². The Hall–Kier alpha value is -1.69. The summed E-state index contributed by atoms with van der Waals surface area (Å²) >= 11 is 0. The van der Waals surface area contributed by atoms with Crippen molar-refractivity contribution >= 4 is 0 Å². The molecule has 1 fully saturated rings. The highest BCUT2D eigenvalue weighted by atomic mass is 16.3. The first-order valence-electron chi connectivity index (χ1n) is 8.93. The monoisotopic (exact) mass is 328 g/mol. The third-order valence-electron chi connectivity index (χ3n) is 4.96. The van der Waals surface area contributed by atoms with Crippen molar-refractivity contribution in [3.63, 3.8) is 0 Å². The van der Waals surface area contributed by atoms with Crippen LogP contribution in [0.3, 0.4) is 0 Å². The maximum atomic E-state index is 10.5. The van der Waals surface area contributed by atoms with Gasteiger partial charge in [0.1, 0.15) is 0 Å². The van der Waals surface area contributed by atoms with Crippen molar-refractivity contribution in [2.75, 3.05) is 32.7 Å². The zero-order chi connectivity index (χ0) is 16.8. The van der Waals surface area contributed by atoms with E-state index >= 15 is 0 Å². The van der Waals surface area contributed by atoms with Crippen molar-refractivity contribution in [3.05, 3.63) is 54.4 Å². The number of rotatable bonds is 7. The lowest BCUT2D eigenvalue weighted by Gasteiger charge is -2.42. The van der Waals surface area contributed by atoms with Crippen LogP contribution in [0.1, 0.15) is 25.0 Å². The standard InChI is InChI=1S/C19H28N4O/c1-2-18-15-21(12-14-23-10-6-9-20-23)11-13-22(18)16-19(24)17-7-4-3-5-8-17/h3-10,18-19,24H,2,11-16H2,1H3/t18-,19+/m1/s1. The van der Waals surface area contributed by atoms with Gasteiger partial charge in [0.25, 0.3) is 0 Å². The molecule has 130 valence electrons. The van der Waals surface area contributed by atoms with E-state index in [0.717, 1.165) is 51.3 Å². The van der Waals surface area contributed by atoms with Gasteiger partial charge in [-0.2, -0.15) is 5.10 Å². The van der Waals surface area contributed by atoms with E-state index in [-0.39, 0.29) is 0 Å². The second-order valence-electron chi connectivity index (χ2n) is 6.55. The highest BCUT2D eigenvalue weighted by molar-refractivity contribution is 5.17. The Morgan fingerprint density at radius 2 is 2.00 bits per heavy atom. The molecule has 1 aromatic heterocycles. The Labute approximate surface area is 144 Å². The molecule has 2 aromatic rings. The van der Waals surface area contributed by atoms with Gasteiger partial charge in [-0.15, -0.1) is 0 Å². The quantitative estimate of drug-likeness (QED) is 0.844. The predicted octanol–water partition coefficient (Wildman–Crippen LogP) is 2.01. The molecular formula is C19H28N4O. The summed E-state index contributed by atoms with van der Waals surface area (Å²) in [7, 11) is 0. The minimum absolute atomic E-state index is 0.407. The van der Waals surface area contributed by atoms with Gasteiger partial charge in [0.2, 0.25) is 0 Å². The van der Waals surface area contributed by atoms with E-state index in [2.05, 4.69) is 21.8 Å². The van der Waals surface area contributed by atoms with E-state index in [1.54, 1.807) is 0 Å². The molecule has 1 aliphatic rings. The molecule has 0 saturated carbocycles. The third kappa shape index (κ3) is 4.44. The van der Waals surface area contributed by atoms with Crippen molar-refractivity contribution in [2.45, 2.75) is 32.0 Å². The van der Waals surface area contributed by atoms with E-state index in [4.69, 9.17) is 0 Å². The van der Waals surface area contributed by atoms with E-state index in [0.29, 0.717) is 6.04 Å². The summed E-state index contributed by atoms with van der Waals surface area (Å²) < 4.78 is 1.99. The zero-order valence-corrected chi connectivity index (χ0v) is 14.5. The lowest BCUT2D eigenvalue weighted by Crippen LogP contribution is -2.54. The third-order valence-corrected chi connectivity index (χ3v) is 4.96. The van der Waals surface area contributed by atoms with Crippen LogP contribution in [0.15, 0.2) is 48.8 Å². The van der Waals surface area contributed by atoms with E-state index in [1.807, 2.05) is 53.5 Å². The normalized spacial score (nSPS) is 21.0. The van der Waals surface area contributed by atoms with Gasteiger partial charge >= 0.3 is 0 Å². The van der Waals surface area contributed by atoms with Crippen molar-refractivity contribution in [1.82, 2.24) is 19.6 Å². The Bertz CT molecular complexity index is 587.